The molecular weight excluding hydrogens is 370 g/mol. The zero-order chi connectivity index (χ0) is 17.9. The third kappa shape index (κ3) is 3.26. The molecule has 4 aromatic heterocycles. The van der Waals surface area contributed by atoms with E-state index < -0.39 is 0 Å². The number of aromatic nitrogens is 4. The number of fused-ring (bicyclic) bond motifs is 1. The smallest absolute Gasteiger partial charge is 0.263 e. The van der Waals surface area contributed by atoms with Crippen molar-refractivity contribution in [2.75, 3.05) is 0 Å². The van der Waals surface area contributed by atoms with Gasteiger partial charge in [0.2, 0.25) is 5.91 Å². The minimum atomic E-state index is -0.273. The summed E-state index contributed by atoms with van der Waals surface area (Å²) in [6.45, 7) is 0.220. The van der Waals surface area contributed by atoms with E-state index in [0.717, 1.165) is 16.0 Å². The Morgan fingerprint density at radius 1 is 1.23 bits per heavy atom. The zero-order valence-corrected chi connectivity index (χ0v) is 15.1. The summed E-state index contributed by atoms with van der Waals surface area (Å²) >= 11 is 3.00. The quantitative estimate of drug-likeness (QED) is 0.571. The van der Waals surface area contributed by atoms with Gasteiger partial charge >= 0.3 is 0 Å². The highest BCUT2D eigenvalue weighted by Crippen LogP contribution is 2.33. The van der Waals surface area contributed by atoms with Crippen molar-refractivity contribution in [1.29, 1.82) is 0 Å². The van der Waals surface area contributed by atoms with Gasteiger partial charge in [0.05, 0.1) is 11.7 Å². The van der Waals surface area contributed by atoms with Crippen LogP contribution in [0.25, 0.3) is 20.7 Å². The minimum absolute atomic E-state index is 0.0881. The first-order chi connectivity index (χ1) is 12.7. The van der Waals surface area contributed by atoms with E-state index in [1.165, 1.54) is 28.6 Å². The van der Waals surface area contributed by atoms with Gasteiger partial charge in [-0.25, -0.2) is 15.0 Å². The van der Waals surface area contributed by atoms with Gasteiger partial charge in [0.1, 0.15) is 17.7 Å². The van der Waals surface area contributed by atoms with Crippen molar-refractivity contribution in [1.82, 2.24) is 24.8 Å². The van der Waals surface area contributed by atoms with Crippen LogP contribution in [0.4, 0.5) is 0 Å². The molecule has 1 amide bonds. The van der Waals surface area contributed by atoms with Crippen LogP contribution in [0.5, 0.6) is 0 Å². The molecule has 0 aliphatic heterocycles. The normalized spacial score (nSPS) is 10.9. The van der Waals surface area contributed by atoms with Crippen LogP contribution in [-0.4, -0.2) is 25.4 Å². The average Bonchev–Trinajstić information content (AvgIpc) is 3.32. The Balaban J connectivity index is 1.57. The summed E-state index contributed by atoms with van der Waals surface area (Å²) < 4.78 is 1.34. The van der Waals surface area contributed by atoms with E-state index >= 15 is 0 Å². The van der Waals surface area contributed by atoms with Crippen LogP contribution >= 0.6 is 22.7 Å². The Morgan fingerprint density at radius 3 is 2.85 bits per heavy atom. The second-order valence-corrected chi connectivity index (χ2v) is 7.31. The number of hydrogen-bond donors (Lipinski definition) is 1. The standard InChI is InChI=1S/C17H13N5O2S2/c23-14(20-6-11-4-18-9-19-5-11)7-22-10-21-16-15(17(22)24)12(8-26-16)13-2-1-3-25-13/h1-5,8-10H,6-7H2,(H,20,23). The van der Waals surface area contributed by atoms with Gasteiger partial charge in [0.15, 0.2) is 0 Å². The Kier molecular flexibility index (Phi) is 4.55. The molecule has 0 aliphatic rings. The van der Waals surface area contributed by atoms with E-state index in [4.69, 9.17) is 0 Å². The highest BCUT2D eigenvalue weighted by atomic mass is 32.1. The summed E-state index contributed by atoms with van der Waals surface area (Å²) in [5, 5.41) is 7.22. The molecular formula is C17H13N5O2S2. The summed E-state index contributed by atoms with van der Waals surface area (Å²) in [7, 11) is 0. The number of rotatable bonds is 5. The molecule has 0 saturated carbocycles. The molecule has 0 radical (unpaired) electrons. The van der Waals surface area contributed by atoms with E-state index in [2.05, 4.69) is 20.3 Å². The first-order valence-corrected chi connectivity index (χ1v) is 9.49. The molecule has 9 heteroatoms. The van der Waals surface area contributed by atoms with Crippen molar-refractivity contribution >= 4 is 38.8 Å². The molecule has 0 aromatic carbocycles. The fraction of sp³-hybridized carbons (Fsp3) is 0.118. The van der Waals surface area contributed by atoms with Gasteiger partial charge in [-0.2, -0.15) is 0 Å². The first-order valence-electron chi connectivity index (χ1n) is 7.73. The van der Waals surface area contributed by atoms with Crippen LogP contribution < -0.4 is 10.9 Å². The summed E-state index contributed by atoms with van der Waals surface area (Å²) in [6.07, 6.45) is 6.11. The second-order valence-electron chi connectivity index (χ2n) is 5.51. The van der Waals surface area contributed by atoms with Gasteiger partial charge in [0.25, 0.3) is 5.56 Å². The molecule has 0 aliphatic carbocycles. The van der Waals surface area contributed by atoms with Crippen molar-refractivity contribution in [2.24, 2.45) is 0 Å². The molecule has 0 bridgehead atoms. The molecule has 1 N–H and O–H groups in total. The summed E-state index contributed by atoms with van der Waals surface area (Å²) in [5.41, 5.74) is 1.45. The second kappa shape index (κ2) is 7.14. The molecule has 0 atom stereocenters. The summed E-state index contributed by atoms with van der Waals surface area (Å²) in [4.78, 5) is 38.9. The van der Waals surface area contributed by atoms with Gasteiger partial charge < -0.3 is 5.32 Å². The van der Waals surface area contributed by atoms with E-state index in [1.54, 1.807) is 23.7 Å². The maximum absolute atomic E-state index is 12.8. The molecule has 4 aromatic rings. The third-order valence-electron chi connectivity index (χ3n) is 3.77. The molecule has 4 heterocycles. The molecule has 0 fully saturated rings. The van der Waals surface area contributed by atoms with Crippen molar-refractivity contribution in [3.05, 3.63) is 63.9 Å². The number of carbonyl (C=O) groups excluding carboxylic acids is 1. The van der Waals surface area contributed by atoms with Crippen LogP contribution in [0.3, 0.4) is 0 Å². The lowest BCUT2D eigenvalue weighted by molar-refractivity contribution is -0.121. The molecule has 26 heavy (non-hydrogen) atoms. The van der Waals surface area contributed by atoms with Gasteiger partial charge in [-0.15, -0.1) is 22.7 Å². The predicted molar refractivity (Wildman–Crippen MR) is 101 cm³/mol. The monoisotopic (exact) mass is 383 g/mol. The van der Waals surface area contributed by atoms with Crippen molar-refractivity contribution in [3.8, 4) is 10.4 Å². The number of nitrogens with zero attached hydrogens (tertiary/aromatic N) is 4. The Labute approximate surface area is 156 Å². The number of thiophene rings is 2. The number of hydrogen-bond acceptors (Lipinski definition) is 7. The number of amides is 1. The maximum Gasteiger partial charge on any atom is 0.263 e. The summed E-state index contributed by atoms with van der Waals surface area (Å²) in [6, 6.07) is 3.91. The third-order valence-corrected chi connectivity index (χ3v) is 5.55. The molecule has 7 nitrogen and oxygen atoms in total. The lowest BCUT2D eigenvalue weighted by atomic mass is 10.2. The Hall–Kier alpha value is -2.91. The van der Waals surface area contributed by atoms with Crippen LogP contribution in [0.1, 0.15) is 5.56 Å². The summed E-state index contributed by atoms with van der Waals surface area (Å²) in [5.74, 6) is -0.273. The van der Waals surface area contributed by atoms with Crippen molar-refractivity contribution in [2.45, 2.75) is 13.1 Å². The van der Waals surface area contributed by atoms with E-state index in [1.807, 2.05) is 22.9 Å². The highest BCUT2D eigenvalue weighted by Gasteiger charge is 2.15. The van der Waals surface area contributed by atoms with Crippen LogP contribution in [0.15, 0.2) is 52.7 Å². The van der Waals surface area contributed by atoms with Crippen LogP contribution in [-0.2, 0) is 17.9 Å². The number of carbonyl (C=O) groups is 1. The lowest BCUT2D eigenvalue weighted by Crippen LogP contribution is -2.32. The number of nitrogens with one attached hydrogen (secondary N) is 1. The maximum atomic E-state index is 12.8. The van der Waals surface area contributed by atoms with Gasteiger partial charge in [-0.1, -0.05) is 6.07 Å². The van der Waals surface area contributed by atoms with E-state index in [-0.39, 0.29) is 18.0 Å². The molecule has 4 rings (SSSR count). The minimum Gasteiger partial charge on any atom is -0.350 e. The van der Waals surface area contributed by atoms with E-state index in [0.29, 0.717) is 16.8 Å². The molecule has 130 valence electrons. The van der Waals surface area contributed by atoms with Gasteiger partial charge in [0, 0.05) is 40.3 Å². The fourth-order valence-corrected chi connectivity index (χ4v) is 4.25. The van der Waals surface area contributed by atoms with Crippen LogP contribution in [0.2, 0.25) is 0 Å². The zero-order valence-electron chi connectivity index (χ0n) is 13.5. The average molecular weight is 383 g/mol. The topological polar surface area (TPSA) is 89.8 Å². The Morgan fingerprint density at radius 2 is 2.08 bits per heavy atom. The van der Waals surface area contributed by atoms with Crippen molar-refractivity contribution in [3.63, 3.8) is 0 Å². The lowest BCUT2D eigenvalue weighted by Gasteiger charge is -2.07. The predicted octanol–water partition coefficient (Wildman–Crippen LogP) is 2.29. The van der Waals surface area contributed by atoms with Gasteiger partial charge in [-0.05, 0) is 11.4 Å². The van der Waals surface area contributed by atoms with E-state index in [9.17, 15) is 9.59 Å². The van der Waals surface area contributed by atoms with Crippen molar-refractivity contribution < 1.29 is 4.79 Å². The molecule has 0 unspecified atom stereocenters. The largest absolute Gasteiger partial charge is 0.350 e. The van der Waals surface area contributed by atoms with Crippen LogP contribution in [0, 0.1) is 0 Å². The molecule has 0 saturated heterocycles. The fourth-order valence-electron chi connectivity index (χ4n) is 2.53. The SMILES string of the molecule is O=C(Cn1cnc2scc(-c3cccs3)c2c1=O)NCc1cncnc1. The highest BCUT2D eigenvalue weighted by molar-refractivity contribution is 7.18. The first kappa shape index (κ1) is 16.6. The Bertz CT molecular complexity index is 1100. The van der Waals surface area contributed by atoms with Gasteiger partial charge in [-0.3, -0.25) is 14.2 Å². The molecule has 0 spiro atoms.